The highest BCUT2D eigenvalue weighted by Gasteiger charge is 2.43. The Kier molecular flexibility index (Phi) is 6.45. The van der Waals surface area contributed by atoms with E-state index in [1.54, 1.807) is 0 Å². The van der Waals surface area contributed by atoms with Gasteiger partial charge in [-0.3, -0.25) is 20.7 Å². The van der Waals surface area contributed by atoms with Crippen LogP contribution >= 0.6 is 0 Å². The molecule has 1 aliphatic heterocycles. The molecule has 1 aliphatic rings. The lowest BCUT2D eigenvalue weighted by Crippen LogP contribution is -2.68. The molecule has 0 spiro atoms. The van der Waals surface area contributed by atoms with Crippen molar-refractivity contribution in [1.82, 2.24) is 30.9 Å². The quantitative estimate of drug-likeness (QED) is 0.576. The standard InChI is InChI=1S/C23H34N6O2/c1-21(2,3)16-9-15(10-17(19(16)31)22(4,5)6)7-8-18(30)23(28-13-25-14-29-23)20-26-11-24-12-27-20/h9-12,25,28-29,31H,7-8,13-14H2,1-6H3. The molecular formula is C23H34N6O2. The van der Waals surface area contributed by atoms with E-state index < -0.39 is 5.66 Å². The molecule has 0 bridgehead atoms. The maximum Gasteiger partial charge on any atom is 0.192 e. The molecule has 2 heterocycles. The summed E-state index contributed by atoms with van der Waals surface area (Å²) in [5.74, 6) is 0.673. The Balaban J connectivity index is 1.91. The minimum absolute atomic E-state index is 0.0390. The first kappa shape index (κ1) is 23.2. The summed E-state index contributed by atoms with van der Waals surface area (Å²) in [6.07, 6.45) is 3.64. The van der Waals surface area contributed by atoms with Crippen LogP contribution in [0, 0.1) is 0 Å². The van der Waals surface area contributed by atoms with Crippen molar-refractivity contribution in [2.75, 3.05) is 13.3 Å². The van der Waals surface area contributed by atoms with Gasteiger partial charge in [-0.1, -0.05) is 53.7 Å². The van der Waals surface area contributed by atoms with Gasteiger partial charge in [-0.05, 0) is 33.9 Å². The number of benzene rings is 1. The summed E-state index contributed by atoms with van der Waals surface area (Å²) in [6.45, 7) is 13.4. The first-order valence-corrected chi connectivity index (χ1v) is 10.7. The van der Waals surface area contributed by atoms with Crippen LogP contribution in [0.15, 0.2) is 24.8 Å². The lowest BCUT2D eigenvalue weighted by Gasteiger charge is -2.36. The van der Waals surface area contributed by atoms with Crippen molar-refractivity contribution in [3.05, 3.63) is 47.3 Å². The number of nitrogens with zero attached hydrogens (tertiary/aromatic N) is 3. The summed E-state index contributed by atoms with van der Waals surface area (Å²) in [7, 11) is 0. The number of phenolic OH excluding ortho intramolecular Hbond substituents is 1. The van der Waals surface area contributed by atoms with Crippen molar-refractivity contribution in [2.24, 2.45) is 0 Å². The number of aromatic nitrogens is 3. The minimum Gasteiger partial charge on any atom is -0.507 e. The van der Waals surface area contributed by atoms with Gasteiger partial charge in [-0.2, -0.15) is 0 Å². The van der Waals surface area contributed by atoms with E-state index in [2.05, 4.69) is 72.4 Å². The fraction of sp³-hybridized carbons (Fsp3) is 0.565. The second kappa shape index (κ2) is 8.61. The molecule has 4 N–H and O–H groups in total. The Morgan fingerprint density at radius 3 is 2.00 bits per heavy atom. The summed E-state index contributed by atoms with van der Waals surface area (Å²) < 4.78 is 0. The zero-order chi connectivity index (χ0) is 22.9. The number of Topliss-reactive ketones (excluding diaryl/α,β-unsaturated/α-hetero) is 1. The van der Waals surface area contributed by atoms with Gasteiger partial charge in [0.05, 0.1) is 0 Å². The lowest BCUT2D eigenvalue weighted by molar-refractivity contribution is -0.128. The molecule has 8 nitrogen and oxygen atoms in total. The van der Waals surface area contributed by atoms with Gasteiger partial charge < -0.3 is 5.11 Å². The van der Waals surface area contributed by atoms with Crippen molar-refractivity contribution in [2.45, 2.75) is 70.9 Å². The van der Waals surface area contributed by atoms with Crippen molar-refractivity contribution in [3.8, 4) is 5.75 Å². The first-order chi connectivity index (χ1) is 14.4. The molecule has 8 heteroatoms. The van der Waals surface area contributed by atoms with Crippen LogP contribution in [-0.4, -0.2) is 39.2 Å². The molecule has 168 valence electrons. The molecule has 2 aromatic rings. The Hall–Kier alpha value is -2.42. The maximum absolute atomic E-state index is 13.4. The molecule has 31 heavy (non-hydrogen) atoms. The van der Waals surface area contributed by atoms with E-state index in [-0.39, 0.29) is 16.6 Å². The third kappa shape index (κ3) is 4.92. The number of carbonyl (C=O) groups excluding carboxylic acids is 1. The van der Waals surface area contributed by atoms with Gasteiger partial charge in [0.1, 0.15) is 18.4 Å². The van der Waals surface area contributed by atoms with Crippen molar-refractivity contribution >= 4 is 5.78 Å². The summed E-state index contributed by atoms with van der Waals surface area (Å²) in [4.78, 5) is 25.7. The summed E-state index contributed by atoms with van der Waals surface area (Å²) in [5.41, 5.74) is 1.24. The molecule has 0 saturated carbocycles. The number of carbonyl (C=O) groups is 1. The van der Waals surface area contributed by atoms with Crippen LogP contribution in [0.3, 0.4) is 0 Å². The van der Waals surface area contributed by atoms with Crippen LogP contribution in [0.4, 0.5) is 0 Å². The number of rotatable bonds is 5. The van der Waals surface area contributed by atoms with E-state index in [4.69, 9.17) is 0 Å². The third-order valence-electron chi connectivity index (χ3n) is 5.63. The Bertz CT molecular complexity index is 890. The van der Waals surface area contributed by atoms with Crippen molar-refractivity contribution < 1.29 is 9.90 Å². The lowest BCUT2D eigenvalue weighted by atomic mass is 9.78. The fourth-order valence-electron chi connectivity index (χ4n) is 3.86. The van der Waals surface area contributed by atoms with Gasteiger partial charge in [-0.15, -0.1) is 0 Å². The smallest absolute Gasteiger partial charge is 0.192 e. The molecule has 0 amide bonds. The number of hydrogen-bond acceptors (Lipinski definition) is 8. The normalized spacial score (nSPS) is 16.8. The highest BCUT2D eigenvalue weighted by Crippen LogP contribution is 2.40. The molecule has 1 aromatic heterocycles. The summed E-state index contributed by atoms with van der Waals surface area (Å²) in [5, 5.41) is 20.5. The van der Waals surface area contributed by atoms with Gasteiger partial charge >= 0.3 is 0 Å². The number of aryl methyl sites for hydroxylation is 1. The topological polar surface area (TPSA) is 112 Å². The van der Waals surface area contributed by atoms with Crippen molar-refractivity contribution in [1.29, 1.82) is 0 Å². The number of aromatic hydroxyl groups is 1. The number of phenols is 1. The SMILES string of the molecule is CC(C)(C)c1cc(CCC(=O)C2(c3ncncn3)NCNCN2)cc(C(C)(C)C)c1O. The van der Waals surface area contributed by atoms with E-state index in [0.29, 0.717) is 37.8 Å². The van der Waals surface area contributed by atoms with E-state index in [1.165, 1.54) is 12.7 Å². The minimum atomic E-state index is -1.15. The summed E-state index contributed by atoms with van der Waals surface area (Å²) >= 11 is 0. The monoisotopic (exact) mass is 426 g/mol. The van der Waals surface area contributed by atoms with Gasteiger partial charge in [-0.25, -0.2) is 15.0 Å². The van der Waals surface area contributed by atoms with Gasteiger partial charge in [0, 0.05) is 19.8 Å². The van der Waals surface area contributed by atoms with Crippen LogP contribution in [0.5, 0.6) is 5.75 Å². The number of ketones is 1. The molecule has 0 radical (unpaired) electrons. The van der Waals surface area contributed by atoms with Gasteiger partial charge in [0.25, 0.3) is 0 Å². The Morgan fingerprint density at radius 1 is 1.00 bits per heavy atom. The molecular weight excluding hydrogens is 392 g/mol. The van der Waals surface area contributed by atoms with Crippen LogP contribution in [-0.2, 0) is 27.7 Å². The van der Waals surface area contributed by atoms with E-state index in [0.717, 1.165) is 16.7 Å². The van der Waals surface area contributed by atoms with Crippen LogP contribution in [0.25, 0.3) is 0 Å². The Labute approximate surface area is 184 Å². The zero-order valence-electron chi connectivity index (χ0n) is 19.3. The maximum atomic E-state index is 13.4. The molecule has 0 unspecified atom stereocenters. The molecule has 1 aromatic carbocycles. The van der Waals surface area contributed by atoms with Gasteiger partial charge in [0.2, 0.25) is 0 Å². The van der Waals surface area contributed by atoms with Crippen LogP contribution < -0.4 is 16.0 Å². The van der Waals surface area contributed by atoms with Crippen LogP contribution in [0.2, 0.25) is 0 Å². The van der Waals surface area contributed by atoms with Crippen LogP contribution in [0.1, 0.15) is 70.5 Å². The van der Waals surface area contributed by atoms with Crippen molar-refractivity contribution in [3.63, 3.8) is 0 Å². The highest BCUT2D eigenvalue weighted by atomic mass is 16.3. The highest BCUT2D eigenvalue weighted by molar-refractivity contribution is 5.88. The average molecular weight is 427 g/mol. The second-order valence-electron chi connectivity index (χ2n) is 10.1. The van der Waals surface area contributed by atoms with E-state index in [9.17, 15) is 9.90 Å². The first-order valence-electron chi connectivity index (χ1n) is 10.7. The molecule has 1 saturated heterocycles. The van der Waals surface area contributed by atoms with Gasteiger partial charge in [0.15, 0.2) is 17.3 Å². The largest absolute Gasteiger partial charge is 0.507 e. The fourth-order valence-corrected chi connectivity index (χ4v) is 3.86. The Morgan fingerprint density at radius 2 is 1.52 bits per heavy atom. The second-order valence-corrected chi connectivity index (χ2v) is 10.1. The zero-order valence-corrected chi connectivity index (χ0v) is 19.3. The summed E-state index contributed by atoms with van der Waals surface area (Å²) in [6, 6.07) is 4.05. The average Bonchev–Trinajstić information content (AvgIpc) is 2.72. The molecule has 0 atom stereocenters. The predicted molar refractivity (Wildman–Crippen MR) is 119 cm³/mol. The number of hydrogen-bond donors (Lipinski definition) is 4. The van der Waals surface area contributed by atoms with E-state index >= 15 is 0 Å². The van der Waals surface area contributed by atoms with E-state index in [1.807, 2.05) is 12.1 Å². The molecule has 3 rings (SSSR count). The number of nitrogens with one attached hydrogen (secondary N) is 3. The molecule has 0 aliphatic carbocycles. The third-order valence-corrected chi connectivity index (χ3v) is 5.63. The molecule has 1 fully saturated rings. The predicted octanol–water partition coefficient (Wildman–Crippen LogP) is 2.22.